The van der Waals surface area contributed by atoms with Crippen LogP contribution >= 0.6 is 0 Å². The molecule has 0 bridgehead atoms. The normalized spacial score (nSPS) is 10.2. The number of amides is 1. The van der Waals surface area contributed by atoms with E-state index in [2.05, 4.69) is 10.3 Å². The van der Waals surface area contributed by atoms with Crippen molar-refractivity contribution < 1.29 is 23.4 Å². The molecular weight excluding hydrogens is 315 g/mol. The number of pyridine rings is 1. The summed E-state index contributed by atoms with van der Waals surface area (Å²) < 4.78 is 28.9. The first-order chi connectivity index (χ1) is 11.5. The number of halogens is 1. The van der Waals surface area contributed by atoms with E-state index in [4.69, 9.17) is 14.2 Å². The highest BCUT2D eigenvalue weighted by Crippen LogP contribution is 2.38. The van der Waals surface area contributed by atoms with Crippen LogP contribution in [0.25, 0.3) is 0 Å². The SMILES string of the molecule is COc1cc(CNC(=O)c2ncc(F)cc2C)cc(OC)c1OC. The zero-order chi connectivity index (χ0) is 17.7. The van der Waals surface area contributed by atoms with Gasteiger partial charge in [-0.25, -0.2) is 9.37 Å². The maximum absolute atomic E-state index is 13.1. The smallest absolute Gasteiger partial charge is 0.270 e. The lowest BCUT2D eigenvalue weighted by molar-refractivity contribution is 0.0945. The third-order valence-corrected chi connectivity index (χ3v) is 3.44. The summed E-state index contributed by atoms with van der Waals surface area (Å²) in [5, 5.41) is 2.74. The zero-order valence-corrected chi connectivity index (χ0v) is 14.0. The number of nitrogens with zero attached hydrogens (tertiary/aromatic N) is 1. The first-order valence-electron chi connectivity index (χ1n) is 7.19. The molecule has 7 heteroatoms. The Kier molecular flexibility index (Phi) is 5.57. The second-order valence-electron chi connectivity index (χ2n) is 5.04. The molecule has 6 nitrogen and oxygen atoms in total. The van der Waals surface area contributed by atoms with E-state index in [1.807, 2.05) is 0 Å². The van der Waals surface area contributed by atoms with E-state index in [1.165, 1.54) is 27.4 Å². The molecule has 2 aromatic rings. The summed E-state index contributed by atoms with van der Waals surface area (Å²) in [5.41, 5.74) is 1.42. The van der Waals surface area contributed by atoms with Gasteiger partial charge in [0.1, 0.15) is 11.5 Å². The van der Waals surface area contributed by atoms with E-state index < -0.39 is 5.82 Å². The van der Waals surface area contributed by atoms with Gasteiger partial charge in [-0.3, -0.25) is 4.79 Å². The molecular formula is C17H19FN2O4. The lowest BCUT2D eigenvalue weighted by atomic mass is 10.1. The Labute approximate surface area is 139 Å². The first-order valence-corrected chi connectivity index (χ1v) is 7.19. The number of rotatable bonds is 6. The van der Waals surface area contributed by atoms with Crippen molar-refractivity contribution in [3.05, 3.63) is 47.0 Å². The lowest BCUT2D eigenvalue weighted by Crippen LogP contribution is -2.24. The van der Waals surface area contributed by atoms with Crippen molar-refractivity contribution in [2.24, 2.45) is 0 Å². The van der Waals surface area contributed by atoms with Crippen LogP contribution in [-0.4, -0.2) is 32.2 Å². The van der Waals surface area contributed by atoms with E-state index >= 15 is 0 Å². The van der Waals surface area contributed by atoms with Crippen molar-refractivity contribution in [2.75, 3.05) is 21.3 Å². The van der Waals surface area contributed by atoms with Crippen LogP contribution in [0.5, 0.6) is 17.2 Å². The Bertz CT molecular complexity index is 724. The van der Waals surface area contributed by atoms with Crippen molar-refractivity contribution in [3.8, 4) is 17.2 Å². The van der Waals surface area contributed by atoms with Gasteiger partial charge in [-0.15, -0.1) is 0 Å². The second kappa shape index (κ2) is 7.63. The third-order valence-electron chi connectivity index (χ3n) is 3.44. The minimum atomic E-state index is -0.478. The number of methoxy groups -OCH3 is 3. The van der Waals surface area contributed by atoms with E-state index in [1.54, 1.807) is 19.1 Å². The molecule has 0 atom stereocenters. The first kappa shape index (κ1) is 17.5. The largest absolute Gasteiger partial charge is 0.493 e. The van der Waals surface area contributed by atoms with Crippen LogP contribution in [0.4, 0.5) is 4.39 Å². The molecule has 0 aliphatic rings. The summed E-state index contributed by atoms with van der Waals surface area (Å²) in [6, 6.07) is 4.75. The molecule has 1 aromatic heterocycles. The van der Waals surface area contributed by atoms with Gasteiger partial charge in [-0.1, -0.05) is 0 Å². The molecule has 0 unspecified atom stereocenters. The van der Waals surface area contributed by atoms with Gasteiger partial charge in [0, 0.05) is 6.54 Å². The number of benzene rings is 1. The number of carbonyl (C=O) groups is 1. The number of nitrogens with one attached hydrogen (secondary N) is 1. The summed E-state index contributed by atoms with van der Waals surface area (Å²) in [7, 11) is 4.56. The van der Waals surface area contributed by atoms with Crippen LogP contribution in [0.2, 0.25) is 0 Å². The number of hydrogen-bond acceptors (Lipinski definition) is 5. The summed E-state index contributed by atoms with van der Waals surface area (Å²) in [4.78, 5) is 16.0. The van der Waals surface area contributed by atoms with Crippen LogP contribution < -0.4 is 19.5 Å². The Balaban J connectivity index is 2.18. The predicted octanol–water partition coefficient (Wildman–Crippen LogP) is 2.48. The Morgan fingerprint density at radius 2 is 1.75 bits per heavy atom. The fourth-order valence-electron chi connectivity index (χ4n) is 2.28. The van der Waals surface area contributed by atoms with Crippen molar-refractivity contribution in [1.29, 1.82) is 0 Å². The maximum Gasteiger partial charge on any atom is 0.270 e. The average molecular weight is 334 g/mol. The highest BCUT2D eigenvalue weighted by atomic mass is 19.1. The fourth-order valence-corrected chi connectivity index (χ4v) is 2.28. The molecule has 0 saturated heterocycles. The quantitative estimate of drug-likeness (QED) is 0.879. The summed E-state index contributed by atoms with van der Waals surface area (Å²) >= 11 is 0. The highest BCUT2D eigenvalue weighted by molar-refractivity contribution is 5.93. The molecule has 0 saturated carbocycles. The van der Waals surface area contributed by atoms with Gasteiger partial charge in [-0.05, 0) is 36.2 Å². The van der Waals surface area contributed by atoms with Crippen LogP contribution in [-0.2, 0) is 6.54 Å². The number of aromatic nitrogens is 1. The lowest BCUT2D eigenvalue weighted by Gasteiger charge is -2.14. The highest BCUT2D eigenvalue weighted by Gasteiger charge is 2.15. The molecule has 0 spiro atoms. The van der Waals surface area contributed by atoms with Crippen LogP contribution in [0.15, 0.2) is 24.4 Å². The monoisotopic (exact) mass is 334 g/mol. The summed E-state index contributed by atoms with van der Waals surface area (Å²) in [6.45, 7) is 1.86. The van der Waals surface area contributed by atoms with Gasteiger partial charge in [0.15, 0.2) is 11.5 Å². The van der Waals surface area contributed by atoms with Crippen molar-refractivity contribution in [1.82, 2.24) is 10.3 Å². The van der Waals surface area contributed by atoms with Gasteiger partial charge in [-0.2, -0.15) is 0 Å². The average Bonchev–Trinajstić information content (AvgIpc) is 2.58. The summed E-state index contributed by atoms with van der Waals surface area (Å²) in [5.74, 6) is 0.607. The molecule has 128 valence electrons. The second-order valence-corrected chi connectivity index (χ2v) is 5.04. The number of ether oxygens (including phenoxy) is 3. The van der Waals surface area contributed by atoms with Crippen molar-refractivity contribution in [3.63, 3.8) is 0 Å². The maximum atomic E-state index is 13.1. The van der Waals surface area contributed by atoms with E-state index in [-0.39, 0.29) is 18.1 Å². The molecule has 0 fully saturated rings. The van der Waals surface area contributed by atoms with E-state index in [0.717, 1.165) is 11.8 Å². The van der Waals surface area contributed by atoms with Crippen LogP contribution in [0, 0.1) is 12.7 Å². The Morgan fingerprint density at radius 1 is 1.12 bits per heavy atom. The number of hydrogen-bond donors (Lipinski definition) is 1. The number of carbonyl (C=O) groups excluding carboxylic acids is 1. The number of aryl methyl sites for hydroxylation is 1. The zero-order valence-electron chi connectivity index (χ0n) is 14.0. The minimum Gasteiger partial charge on any atom is -0.493 e. The molecule has 1 heterocycles. The Hall–Kier alpha value is -2.83. The van der Waals surface area contributed by atoms with Gasteiger partial charge in [0.2, 0.25) is 5.75 Å². The summed E-state index contributed by atoms with van der Waals surface area (Å²) in [6.07, 6.45) is 1.02. The fraction of sp³-hybridized carbons (Fsp3) is 0.294. The Morgan fingerprint density at radius 3 is 2.25 bits per heavy atom. The van der Waals surface area contributed by atoms with Crippen molar-refractivity contribution in [2.45, 2.75) is 13.5 Å². The van der Waals surface area contributed by atoms with Gasteiger partial charge < -0.3 is 19.5 Å². The van der Waals surface area contributed by atoms with E-state index in [0.29, 0.717) is 22.8 Å². The molecule has 0 aliphatic heterocycles. The molecule has 1 aromatic carbocycles. The molecule has 1 amide bonds. The molecule has 2 rings (SSSR count). The van der Waals surface area contributed by atoms with E-state index in [9.17, 15) is 9.18 Å². The van der Waals surface area contributed by atoms with Crippen LogP contribution in [0.3, 0.4) is 0 Å². The standard InChI is InChI=1S/C17H19FN2O4/c1-10-5-12(18)9-19-15(10)17(21)20-8-11-6-13(22-2)16(24-4)14(7-11)23-3/h5-7,9H,8H2,1-4H3,(H,20,21). The van der Waals surface area contributed by atoms with Crippen LogP contribution in [0.1, 0.15) is 21.6 Å². The van der Waals surface area contributed by atoms with Gasteiger partial charge in [0.05, 0.1) is 27.5 Å². The molecule has 0 aliphatic carbocycles. The van der Waals surface area contributed by atoms with Gasteiger partial charge in [0.25, 0.3) is 5.91 Å². The molecule has 24 heavy (non-hydrogen) atoms. The third kappa shape index (κ3) is 3.73. The van der Waals surface area contributed by atoms with Gasteiger partial charge >= 0.3 is 0 Å². The van der Waals surface area contributed by atoms with Crippen molar-refractivity contribution >= 4 is 5.91 Å². The minimum absolute atomic E-state index is 0.184. The molecule has 0 radical (unpaired) electrons. The molecule has 1 N–H and O–H groups in total. The predicted molar refractivity (Wildman–Crippen MR) is 86.2 cm³/mol. The topological polar surface area (TPSA) is 69.7 Å².